The number of pyridine rings is 1. The van der Waals surface area contributed by atoms with Crippen LogP contribution in [0, 0.1) is 6.92 Å². The van der Waals surface area contributed by atoms with Gasteiger partial charge in [0.1, 0.15) is 0 Å². The lowest BCUT2D eigenvalue weighted by Crippen LogP contribution is -2.22. The molecule has 19 heavy (non-hydrogen) atoms. The van der Waals surface area contributed by atoms with Crippen LogP contribution in [0.25, 0.3) is 11.0 Å². The highest BCUT2D eigenvalue weighted by Crippen LogP contribution is 2.02. The first-order chi connectivity index (χ1) is 9.24. The lowest BCUT2D eigenvalue weighted by Gasteiger charge is -2.03. The van der Waals surface area contributed by atoms with E-state index in [2.05, 4.69) is 20.1 Å². The van der Waals surface area contributed by atoms with Crippen LogP contribution in [0.15, 0.2) is 34.0 Å². The Bertz CT molecular complexity index is 777. The number of aromatic nitrogens is 5. The van der Waals surface area contributed by atoms with Crippen LogP contribution in [0.5, 0.6) is 0 Å². The van der Waals surface area contributed by atoms with E-state index in [-0.39, 0.29) is 5.56 Å². The van der Waals surface area contributed by atoms with Crippen molar-refractivity contribution < 1.29 is 4.52 Å². The van der Waals surface area contributed by atoms with Crippen molar-refractivity contribution in [2.24, 2.45) is 0 Å². The quantitative estimate of drug-likeness (QED) is 0.687. The molecular formula is C12H11N5O2. The van der Waals surface area contributed by atoms with Gasteiger partial charge in [-0.15, -0.1) is 0 Å². The number of hydrogen-bond donors (Lipinski definition) is 0. The van der Waals surface area contributed by atoms with Crippen LogP contribution in [-0.4, -0.2) is 24.7 Å². The van der Waals surface area contributed by atoms with Gasteiger partial charge in [0.05, 0.1) is 11.8 Å². The zero-order chi connectivity index (χ0) is 13.2. The lowest BCUT2D eigenvalue weighted by molar-refractivity contribution is 0.386. The van der Waals surface area contributed by atoms with Crippen LogP contribution in [0.4, 0.5) is 0 Å². The number of fused-ring (bicyclic) bond motifs is 1. The number of nitrogens with zero attached hydrogens (tertiary/aromatic N) is 5. The Labute approximate surface area is 107 Å². The molecule has 0 N–H and O–H groups in total. The van der Waals surface area contributed by atoms with E-state index in [1.165, 1.54) is 10.9 Å². The minimum Gasteiger partial charge on any atom is -0.340 e. The fourth-order valence-corrected chi connectivity index (χ4v) is 1.81. The molecule has 7 nitrogen and oxygen atoms in total. The van der Waals surface area contributed by atoms with Crippen LogP contribution in [0.2, 0.25) is 0 Å². The SMILES string of the molecule is Cc1nc(CCn2cnc3cccnc3c2=O)no1. The van der Waals surface area contributed by atoms with E-state index in [0.717, 1.165) is 0 Å². The highest BCUT2D eigenvalue weighted by molar-refractivity contribution is 5.71. The first-order valence-corrected chi connectivity index (χ1v) is 5.83. The molecule has 0 bridgehead atoms. The summed E-state index contributed by atoms with van der Waals surface area (Å²) < 4.78 is 6.38. The zero-order valence-electron chi connectivity index (χ0n) is 10.3. The molecule has 7 heteroatoms. The summed E-state index contributed by atoms with van der Waals surface area (Å²) in [5, 5.41) is 3.79. The summed E-state index contributed by atoms with van der Waals surface area (Å²) >= 11 is 0. The van der Waals surface area contributed by atoms with Gasteiger partial charge >= 0.3 is 0 Å². The van der Waals surface area contributed by atoms with Crippen molar-refractivity contribution >= 4 is 11.0 Å². The molecule has 0 fully saturated rings. The van der Waals surface area contributed by atoms with Gasteiger partial charge < -0.3 is 4.52 Å². The van der Waals surface area contributed by atoms with Crippen LogP contribution >= 0.6 is 0 Å². The maximum absolute atomic E-state index is 12.2. The molecule has 0 unspecified atom stereocenters. The van der Waals surface area contributed by atoms with E-state index in [4.69, 9.17) is 4.52 Å². The Balaban J connectivity index is 1.89. The molecule has 3 rings (SSSR count). The van der Waals surface area contributed by atoms with Crippen molar-refractivity contribution in [3.8, 4) is 0 Å². The van der Waals surface area contributed by atoms with Crippen LogP contribution in [0.1, 0.15) is 11.7 Å². The van der Waals surface area contributed by atoms with Crippen LogP contribution < -0.4 is 5.56 Å². The Morgan fingerprint density at radius 3 is 3.05 bits per heavy atom. The normalized spacial score (nSPS) is 11.0. The average molecular weight is 257 g/mol. The fraction of sp³-hybridized carbons (Fsp3) is 0.250. The second-order valence-corrected chi connectivity index (χ2v) is 4.09. The van der Waals surface area contributed by atoms with Crippen molar-refractivity contribution in [3.05, 3.63) is 46.7 Å². The second kappa shape index (κ2) is 4.60. The minimum atomic E-state index is -0.161. The summed E-state index contributed by atoms with van der Waals surface area (Å²) in [5.74, 6) is 1.09. The van der Waals surface area contributed by atoms with Crippen LogP contribution in [-0.2, 0) is 13.0 Å². The number of rotatable bonds is 3. The fourth-order valence-electron chi connectivity index (χ4n) is 1.81. The Kier molecular flexibility index (Phi) is 2.79. The van der Waals surface area contributed by atoms with Gasteiger partial charge in [-0.2, -0.15) is 4.98 Å². The highest BCUT2D eigenvalue weighted by Gasteiger charge is 2.07. The monoisotopic (exact) mass is 257 g/mol. The molecule has 0 saturated carbocycles. The first-order valence-electron chi connectivity index (χ1n) is 5.83. The summed E-state index contributed by atoms with van der Waals surface area (Å²) in [6, 6.07) is 3.51. The van der Waals surface area contributed by atoms with E-state index in [1.807, 2.05) is 0 Å². The van der Waals surface area contributed by atoms with Crippen molar-refractivity contribution in [3.63, 3.8) is 0 Å². The Morgan fingerprint density at radius 1 is 1.37 bits per heavy atom. The maximum atomic E-state index is 12.2. The maximum Gasteiger partial charge on any atom is 0.279 e. The van der Waals surface area contributed by atoms with E-state index in [0.29, 0.717) is 35.7 Å². The predicted octanol–water partition coefficient (Wildman–Crippen LogP) is 0.726. The van der Waals surface area contributed by atoms with Gasteiger partial charge in [-0.3, -0.25) is 9.36 Å². The van der Waals surface area contributed by atoms with Crippen molar-refractivity contribution in [1.82, 2.24) is 24.7 Å². The molecule has 0 aliphatic rings. The van der Waals surface area contributed by atoms with E-state index in [1.54, 1.807) is 25.3 Å². The summed E-state index contributed by atoms with van der Waals surface area (Å²) in [7, 11) is 0. The molecule has 0 spiro atoms. The van der Waals surface area contributed by atoms with Gasteiger partial charge in [-0.1, -0.05) is 5.16 Å². The molecule has 0 radical (unpaired) electrons. The second-order valence-electron chi connectivity index (χ2n) is 4.09. The molecule has 0 amide bonds. The topological polar surface area (TPSA) is 86.7 Å². The zero-order valence-corrected chi connectivity index (χ0v) is 10.3. The predicted molar refractivity (Wildman–Crippen MR) is 66.5 cm³/mol. The molecule has 0 atom stereocenters. The Hall–Kier alpha value is -2.57. The average Bonchev–Trinajstić information content (AvgIpc) is 2.84. The third-order valence-electron chi connectivity index (χ3n) is 2.73. The number of hydrogen-bond acceptors (Lipinski definition) is 6. The lowest BCUT2D eigenvalue weighted by atomic mass is 10.3. The molecule has 3 aromatic heterocycles. The largest absolute Gasteiger partial charge is 0.340 e. The number of aryl methyl sites for hydroxylation is 3. The van der Waals surface area contributed by atoms with Gasteiger partial charge in [-0.05, 0) is 12.1 Å². The molecule has 0 saturated heterocycles. The molecule has 0 aliphatic heterocycles. The molecule has 0 aromatic carbocycles. The Morgan fingerprint density at radius 2 is 2.26 bits per heavy atom. The van der Waals surface area contributed by atoms with Crippen molar-refractivity contribution in [1.29, 1.82) is 0 Å². The van der Waals surface area contributed by atoms with E-state index >= 15 is 0 Å². The first kappa shape index (κ1) is 11.5. The van der Waals surface area contributed by atoms with Gasteiger partial charge in [0.25, 0.3) is 5.56 Å². The van der Waals surface area contributed by atoms with Crippen molar-refractivity contribution in [2.45, 2.75) is 19.9 Å². The van der Waals surface area contributed by atoms with Gasteiger partial charge in [-0.25, -0.2) is 9.97 Å². The summed E-state index contributed by atoms with van der Waals surface area (Å²) in [6.07, 6.45) is 3.61. The van der Waals surface area contributed by atoms with E-state index < -0.39 is 0 Å². The summed E-state index contributed by atoms with van der Waals surface area (Å²) in [6.45, 7) is 2.17. The standard InChI is InChI=1S/C12H11N5O2/c1-8-15-10(16-19-8)4-6-17-7-14-9-3-2-5-13-11(9)12(17)18/h2-3,5,7H,4,6H2,1H3. The smallest absolute Gasteiger partial charge is 0.279 e. The summed E-state index contributed by atoms with van der Waals surface area (Å²) in [4.78, 5) is 24.5. The van der Waals surface area contributed by atoms with Gasteiger partial charge in [0.2, 0.25) is 5.89 Å². The van der Waals surface area contributed by atoms with Gasteiger partial charge in [0.15, 0.2) is 11.3 Å². The van der Waals surface area contributed by atoms with Crippen LogP contribution in [0.3, 0.4) is 0 Å². The molecule has 96 valence electrons. The third-order valence-corrected chi connectivity index (χ3v) is 2.73. The van der Waals surface area contributed by atoms with Crippen molar-refractivity contribution in [2.75, 3.05) is 0 Å². The van der Waals surface area contributed by atoms with Gasteiger partial charge in [0, 0.05) is 26.1 Å². The minimum absolute atomic E-state index is 0.161. The van der Waals surface area contributed by atoms with E-state index in [9.17, 15) is 4.79 Å². The summed E-state index contributed by atoms with van der Waals surface area (Å²) in [5.41, 5.74) is 0.805. The molecule has 3 aromatic rings. The molecule has 0 aliphatic carbocycles. The molecular weight excluding hydrogens is 246 g/mol. The highest BCUT2D eigenvalue weighted by atomic mass is 16.5. The molecule has 3 heterocycles. The third kappa shape index (κ3) is 2.22.